The van der Waals surface area contributed by atoms with Gasteiger partial charge in [0, 0.05) is 7.05 Å². The molecular formula is C8H10F3N3. The lowest BCUT2D eigenvalue weighted by Crippen LogP contribution is -2.21. The third-order valence-corrected chi connectivity index (χ3v) is 1.48. The highest BCUT2D eigenvalue weighted by atomic mass is 19.4. The summed E-state index contributed by atoms with van der Waals surface area (Å²) in [4.78, 5) is 3.87. The number of halogens is 3. The normalized spacial score (nSPS) is 11.1. The average Bonchev–Trinajstić information content (AvgIpc) is 2.14. The molecule has 0 unspecified atom stereocenters. The van der Waals surface area contributed by atoms with Gasteiger partial charge in [-0.2, -0.15) is 13.2 Å². The molecule has 0 aliphatic carbocycles. The summed E-state index contributed by atoms with van der Waals surface area (Å²) in [5.41, 5.74) is 0. The van der Waals surface area contributed by atoms with Crippen LogP contribution in [0.2, 0.25) is 0 Å². The van der Waals surface area contributed by atoms with Gasteiger partial charge in [0.25, 0.3) is 0 Å². The largest absolute Gasteiger partial charge is 0.405 e. The van der Waals surface area contributed by atoms with Crippen molar-refractivity contribution in [2.75, 3.05) is 24.2 Å². The standard InChI is InChI=1S/C8H10F3N3/c1-12-6-3-2-4-7(14-6)13-5-8(9,10)11/h2-4H,5H2,1H3,(H2,12,13,14). The number of hydrogen-bond acceptors (Lipinski definition) is 3. The minimum Gasteiger partial charge on any atom is -0.373 e. The van der Waals surface area contributed by atoms with E-state index in [9.17, 15) is 13.2 Å². The van der Waals surface area contributed by atoms with Crippen molar-refractivity contribution < 1.29 is 13.2 Å². The molecule has 1 aromatic heterocycles. The first kappa shape index (κ1) is 10.6. The van der Waals surface area contributed by atoms with Gasteiger partial charge in [-0.05, 0) is 12.1 Å². The zero-order valence-electron chi connectivity index (χ0n) is 7.52. The van der Waals surface area contributed by atoms with E-state index in [1.54, 1.807) is 19.2 Å². The van der Waals surface area contributed by atoms with Gasteiger partial charge in [-0.3, -0.25) is 0 Å². The van der Waals surface area contributed by atoms with Crippen molar-refractivity contribution in [2.45, 2.75) is 6.18 Å². The SMILES string of the molecule is CNc1cccc(NCC(F)(F)F)n1. The second-order valence-corrected chi connectivity index (χ2v) is 2.63. The smallest absolute Gasteiger partial charge is 0.373 e. The van der Waals surface area contributed by atoms with Crippen LogP contribution in [0.1, 0.15) is 0 Å². The van der Waals surface area contributed by atoms with Crippen LogP contribution < -0.4 is 10.6 Å². The quantitative estimate of drug-likeness (QED) is 0.793. The molecule has 0 aliphatic heterocycles. The van der Waals surface area contributed by atoms with Crippen LogP contribution in [0.25, 0.3) is 0 Å². The minimum atomic E-state index is -4.22. The van der Waals surface area contributed by atoms with Crippen LogP contribution in [0.15, 0.2) is 18.2 Å². The molecule has 0 spiro atoms. The summed E-state index contributed by atoms with van der Waals surface area (Å²) in [5.74, 6) is 0.728. The molecular weight excluding hydrogens is 195 g/mol. The zero-order chi connectivity index (χ0) is 10.6. The maximum Gasteiger partial charge on any atom is 0.405 e. The van der Waals surface area contributed by atoms with Crippen molar-refractivity contribution in [3.63, 3.8) is 0 Å². The first-order valence-electron chi connectivity index (χ1n) is 3.97. The topological polar surface area (TPSA) is 37.0 Å². The Morgan fingerprint density at radius 1 is 1.29 bits per heavy atom. The number of aromatic nitrogens is 1. The van der Waals surface area contributed by atoms with E-state index in [4.69, 9.17) is 0 Å². The van der Waals surface area contributed by atoms with E-state index < -0.39 is 12.7 Å². The molecule has 3 nitrogen and oxygen atoms in total. The van der Waals surface area contributed by atoms with Gasteiger partial charge in [0.2, 0.25) is 0 Å². The molecule has 14 heavy (non-hydrogen) atoms. The van der Waals surface area contributed by atoms with Crippen molar-refractivity contribution in [1.82, 2.24) is 4.98 Å². The Kier molecular flexibility index (Phi) is 3.16. The molecule has 0 saturated carbocycles. The number of anilines is 2. The summed E-state index contributed by atoms with van der Waals surface area (Å²) in [7, 11) is 1.65. The van der Waals surface area contributed by atoms with Gasteiger partial charge in [-0.25, -0.2) is 4.98 Å². The van der Waals surface area contributed by atoms with Crippen molar-refractivity contribution in [3.05, 3.63) is 18.2 Å². The van der Waals surface area contributed by atoms with Gasteiger partial charge < -0.3 is 10.6 Å². The molecule has 78 valence electrons. The molecule has 0 amide bonds. The Hall–Kier alpha value is -1.46. The van der Waals surface area contributed by atoms with E-state index in [0.29, 0.717) is 5.82 Å². The molecule has 1 heterocycles. The number of rotatable bonds is 3. The summed E-state index contributed by atoms with van der Waals surface area (Å²) < 4.78 is 35.5. The van der Waals surface area contributed by atoms with Gasteiger partial charge in [-0.1, -0.05) is 6.07 Å². The summed E-state index contributed by atoms with van der Waals surface area (Å²) >= 11 is 0. The number of pyridine rings is 1. The van der Waals surface area contributed by atoms with Gasteiger partial charge in [-0.15, -0.1) is 0 Å². The fourth-order valence-electron chi connectivity index (χ4n) is 0.863. The van der Waals surface area contributed by atoms with Crippen molar-refractivity contribution >= 4 is 11.6 Å². The summed E-state index contributed by atoms with van der Waals surface area (Å²) in [6.07, 6.45) is -4.22. The fourth-order valence-corrected chi connectivity index (χ4v) is 0.863. The molecule has 0 aliphatic rings. The van der Waals surface area contributed by atoms with E-state index in [0.717, 1.165) is 0 Å². The van der Waals surface area contributed by atoms with Crippen molar-refractivity contribution in [3.8, 4) is 0 Å². The van der Waals surface area contributed by atoms with E-state index in [1.165, 1.54) is 6.07 Å². The molecule has 1 rings (SSSR count). The molecule has 0 saturated heterocycles. The van der Waals surface area contributed by atoms with E-state index in [1.807, 2.05) is 0 Å². The zero-order valence-corrected chi connectivity index (χ0v) is 7.52. The maximum absolute atomic E-state index is 11.8. The number of nitrogens with one attached hydrogen (secondary N) is 2. The van der Waals surface area contributed by atoms with Gasteiger partial charge in [0.05, 0.1) is 0 Å². The molecule has 0 radical (unpaired) electrons. The highest BCUT2D eigenvalue weighted by Crippen LogP contribution is 2.16. The summed E-state index contributed by atoms with van der Waals surface area (Å²) in [5, 5.41) is 4.92. The third-order valence-electron chi connectivity index (χ3n) is 1.48. The van der Waals surface area contributed by atoms with E-state index >= 15 is 0 Å². The number of hydrogen-bond donors (Lipinski definition) is 2. The highest BCUT2D eigenvalue weighted by molar-refractivity contribution is 5.44. The molecule has 2 N–H and O–H groups in total. The molecule has 1 aromatic rings. The summed E-state index contributed by atoms with van der Waals surface area (Å²) in [6.45, 7) is -1.08. The van der Waals surface area contributed by atoms with Crippen LogP contribution in [0.3, 0.4) is 0 Å². The van der Waals surface area contributed by atoms with Crippen LogP contribution in [-0.2, 0) is 0 Å². The maximum atomic E-state index is 11.8. The monoisotopic (exact) mass is 205 g/mol. The molecule has 0 fully saturated rings. The number of nitrogens with zero attached hydrogens (tertiary/aromatic N) is 1. The van der Waals surface area contributed by atoms with Crippen LogP contribution in [0.4, 0.5) is 24.8 Å². The Bertz CT molecular complexity index is 298. The predicted octanol–water partition coefficient (Wildman–Crippen LogP) is 2.10. The second-order valence-electron chi connectivity index (χ2n) is 2.63. The van der Waals surface area contributed by atoms with Crippen LogP contribution in [0.5, 0.6) is 0 Å². The minimum absolute atomic E-state index is 0.203. The Labute approximate surface area is 79.3 Å². The van der Waals surface area contributed by atoms with Crippen LogP contribution in [-0.4, -0.2) is 24.8 Å². The predicted molar refractivity (Wildman–Crippen MR) is 48.3 cm³/mol. The molecule has 0 atom stereocenters. The Balaban J connectivity index is 2.59. The summed E-state index contributed by atoms with van der Waals surface area (Å²) in [6, 6.07) is 4.77. The van der Waals surface area contributed by atoms with Gasteiger partial charge >= 0.3 is 6.18 Å². The van der Waals surface area contributed by atoms with E-state index in [-0.39, 0.29) is 5.82 Å². The molecule has 0 aromatic carbocycles. The van der Waals surface area contributed by atoms with Crippen molar-refractivity contribution in [1.29, 1.82) is 0 Å². The Morgan fingerprint density at radius 3 is 2.50 bits per heavy atom. The first-order valence-corrected chi connectivity index (χ1v) is 3.97. The lowest BCUT2D eigenvalue weighted by Gasteiger charge is -2.09. The van der Waals surface area contributed by atoms with Crippen molar-refractivity contribution in [2.24, 2.45) is 0 Å². The van der Waals surface area contributed by atoms with E-state index in [2.05, 4.69) is 15.6 Å². The molecule has 0 bridgehead atoms. The average molecular weight is 205 g/mol. The molecule has 6 heteroatoms. The lowest BCUT2D eigenvalue weighted by atomic mass is 10.4. The second kappa shape index (κ2) is 4.17. The highest BCUT2D eigenvalue weighted by Gasteiger charge is 2.26. The lowest BCUT2D eigenvalue weighted by molar-refractivity contribution is -0.115. The number of alkyl halides is 3. The third kappa shape index (κ3) is 3.51. The van der Waals surface area contributed by atoms with Crippen LogP contribution >= 0.6 is 0 Å². The van der Waals surface area contributed by atoms with Gasteiger partial charge in [0.15, 0.2) is 0 Å². The fraction of sp³-hybridized carbons (Fsp3) is 0.375. The van der Waals surface area contributed by atoms with Crippen LogP contribution in [0, 0.1) is 0 Å². The van der Waals surface area contributed by atoms with Gasteiger partial charge in [0.1, 0.15) is 18.2 Å². The first-order chi connectivity index (χ1) is 6.51. The Morgan fingerprint density at radius 2 is 1.93 bits per heavy atom.